The van der Waals surface area contributed by atoms with Gasteiger partial charge in [-0.3, -0.25) is 4.79 Å². The highest BCUT2D eigenvalue weighted by atomic mass is 79.9. The summed E-state index contributed by atoms with van der Waals surface area (Å²) in [5.74, 6) is 0.381. The van der Waals surface area contributed by atoms with Crippen LogP contribution in [-0.4, -0.2) is 45.8 Å². The van der Waals surface area contributed by atoms with Gasteiger partial charge in [-0.15, -0.1) is 11.6 Å². The summed E-state index contributed by atoms with van der Waals surface area (Å²) in [6, 6.07) is 0.342. The monoisotopic (exact) mass is 375 g/mol. The highest BCUT2D eigenvalue weighted by Gasteiger charge is 2.34. The number of alkyl halides is 1. The van der Waals surface area contributed by atoms with Crippen molar-refractivity contribution in [3.8, 4) is 6.01 Å². The standard InChI is InChI=1S/C14H19BrClN3O2/c1-14(2,9-16)12(20)19-5-3-4-11(8-19)21-13-17-6-10(15)7-18-13/h6-7,11H,3-5,8-9H2,1-2H3. The van der Waals surface area contributed by atoms with Gasteiger partial charge in [0.05, 0.1) is 16.4 Å². The van der Waals surface area contributed by atoms with Crippen LogP contribution in [0.15, 0.2) is 16.9 Å². The Balaban J connectivity index is 1.97. The first-order valence-corrected chi connectivity index (χ1v) is 8.24. The lowest BCUT2D eigenvalue weighted by Gasteiger charge is -2.36. The van der Waals surface area contributed by atoms with E-state index < -0.39 is 5.41 Å². The first-order chi connectivity index (χ1) is 9.92. The number of ether oxygens (including phenoxy) is 1. The Morgan fingerprint density at radius 2 is 2.19 bits per heavy atom. The molecule has 0 saturated carbocycles. The van der Waals surface area contributed by atoms with Crippen LogP contribution >= 0.6 is 27.5 Å². The van der Waals surface area contributed by atoms with E-state index in [-0.39, 0.29) is 12.0 Å². The quantitative estimate of drug-likeness (QED) is 0.758. The Morgan fingerprint density at radius 3 is 2.81 bits per heavy atom. The van der Waals surface area contributed by atoms with Crippen molar-refractivity contribution >= 4 is 33.4 Å². The number of likely N-dealkylation sites (tertiary alicyclic amines) is 1. The highest BCUT2D eigenvalue weighted by Crippen LogP contribution is 2.24. The number of halogens is 2. The molecule has 0 spiro atoms. The molecule has 0 aliphatic carbocycles. The fourth-order valence-corrected chi connectivity index (χ4v) is 2.53. The third kappa shape index (κ3) is 4.30. The van der Waals surface area contributed by atoms with Gasteiger partial charge in [-0.1, -0.05) is 0 Å². The molecule has 1 aromatic rings. The van der Waals surface area contributed by atoms with Gasteiger partial charge >= 0.3 is 6.01 Å². The summed E-state index contributed by atoms with van der Waals surface area (Å²) in [4.78, 5) is 22.5. The third-order valence-electron chi connectivity index (χ3n) is 3.45. The summed E-state index contributed by atoms with van der Waals surface area (Å²) in [7, 11) is 0. The summed E-state index contributed by atoms with van der Waals surface area (Å²) in [6.45, 7) is 5.04. The molecule has 1 aromatic heterocycles. The molecule has 116 valence electrons. The fraction of sp³-hybridized carbons (Fsp3) is 0.643. The molecule has 0 bridgehead atoms. The molecule has 1 amide bonds. The average Bonchev–Trinajstić information content (AvgIpc) is 2.49. The van der Waals surface area contributed by atoms with Crippen molar-refractivity contribution < 1.29 is 9.53 Å². The molecule has 1 aliphatic heterocycles. The van der Waals surface area contributed by atoms with Crippen LogP contribution in [0.2, 0.25) is 0 Å². The number of nitrogens with zero attached hydrogens (tertiary/aromatic N) is 3. The topological polar surface area (TPSA) is 55.3 Å². The van der Waals surface area contributed by atoms with E-state index >= 15 is 0 Å². The van der Waals surface area contributed by atoms with Crippen LogP contribution < -0.4 is 4.74 Å². The van der Waals surface area contributed by atoms with E-state index in [4.69, 9.17) is 16.3 Å². The molecular formula is C14H19BrClN3O2. The zero-order valence-electron chi connectivity index (χ0n) is 12.2. The van der Waals surface area contributed by atoms with Crippen LogP contribution in [-0.2, 0) is 4.79 Å². The second-order valence-corrected chi connectivity index (χ2v) is 7.02. The van der Waals surface area contributed by atoms with Gasteiger partial charge in [0.2, 0.25) is 5.91 Å². The van der Waals surface area contributed by atoms with Gasteiger partial charge in [0.25, 0.3) is 0 Å². The molecule has 0 N–H and O–H groups in total. The van der Waals surface area contributed by atoms with Gasteiger partial charge in [0.1, 0.15) is 6.10 Å². The van der Waals surface area contributed by atoms with E-state index in [1.807, 2.05) is 18.7 Å². The zero-order chi connectivity index (χ0) is 15.5. The molecule has 0 aromatic carbocycles. The second-order valence-electron chi connectivity index (χ2n) is 5.83. The molecule has 21 heavy (non-hydrogen) atoms. The molecule has 2 rings (SSSR count). The predicted molar refractivity (Wildman–Crippen MR) is 84.5 cm³/mol. The van der Waals surface area contributed by atoms with Gasteiger partial charge in [-0.05, 0) is 42.6 Å². The molecule has 2 heterocycles. The molecule has 1 unspecified atom stereocenters. The number of hydrogen-bond donors (Lipinski definition) is 0. The van der Waals surface area contributed by atoms with Crippen molar-refractivity contribution in [1.29, 1.82) is 0 Å². The van der Waals surface area contributed by atoms with Gasteiger partial charge in [0, 0.05) is 24.8 Å². The van der Waals surface area contributed by atoms with E-state index in [0.717, 1.165) is 23.9 Å². The van der Waals surface area contributed by atoms with Crippen LogP contribution in [0, 0.1) is 5.41 Å². The number of rotatable bonds is 4. The van der Waals surface area contributed by atoms with Crippen molar-refractivity contribution in [2.45, 2.75) is 32.8 Å². The van der Waals surface area contributed by atoms with Crippen molar-refractivity contribution in [3.63, 3.8) is 0 Å². The number of amides is 1. The molecular weight excluding hydrogens is 358 g/mol. The van der Waals surface area contributed by atoms with Crippen molar-refractivity contribution in [1.82, 2.24) is 14.9 Å². The summed E-state index contributed by atoms with van der Waals surface area (Å²) in [5.41, 5.74) is -0.544. The molecule has 7 heteroatoms. The second kappa shape index (κ2) is 6.92. The normalized spacial score (nSPS) is 19.4. The van der Waals surface area contributed by atoms with E-state index in [1.165, 1.54) is 0 Å². The molecule has 1 aliphatic rings. The maximum atomic E-state index is 12.4. The van der Waals surface area contributed by atoms with Crippen molar-refractivity contribution in [3.05, 3.63) is 16.9 Å². The van der Waals surface area contributed by atoms with E-state index in [1.54, 1.807) is 12.4 Å². The average molecular weight is 377 g/mol. The highest BCUT2D eigenvalue weighted by molar-refractivity contribution is 9.10. The molecule has 1 atom stereocenters. The smallest absolute Gasteiger partial charge is 0.316 e. The Bertz CT molecular complexity index is 495. The van der Waals surface area contributed by atoms with Gasteiger partial charge < -0.3 is 9.64 Å². The number of carbonyl (C=O) groups is 1. The van der Waals surface area contributed by atoms with Crippen LogP contribution in [0.25, 0.3) is 0 Å². The van der Waals surface area contributed by atoms with Crippen LogP contribution in [0.1, 0.15) is 26.7 Å². The third-order valence-corrected chi connectivity index (χ3v) is 4.52. The number of aromatic nitrogens is 2. The molecule has 0 radical (unpaired) electrons. The maximum absolute atomic E-state index is 12.4. The minimum Gasteiger partial charge on any atom is -0.458 e. The summed E-state index contributed by atoms with van der Waals surface area (Å²) < 4.78 is 6.57. The Kier molecular flexibility index (Phi) is 5.43. The van der Waals surface area contributed by atoms with Crippen molar-refractivity contribution in [2.75, 3.05) is 19.0 Å². The molecule has 1 fully saturated rings. The number of piperidine rings is 1. The lowest BCUT2D eigenvalue weighted by Crippen LogP contribution is -2.49. The maximum Gasteiger partial charge on any atom is 0.316 e. The van der Waals surface area contributed by atoms with E-state index in [9.17, 15) is 4.79 Å². The fourth-order valence-electron chi connectivity index (χ4n) is 2.21. The van der Waals surface area contributed by atoms with Crippen LogP contribution in [0.3, 0.4) is 0 Å². The van der Waals surface area contributed by atoms with Gasteiger partial charge in [-0.2, -0.15) is 0 Å². The number of carbonyl (C=O) groups excluding carboxylic acids is 1. The lowest BCUT2D eigenvalue weighted by atomic mass is 9.93. The Morgan fingerprint density at radius 1 is 1.52 bits per heavy atom. The largest absolute Gasteiger partial charge is 0.458 e. The van der Waals surface area contributed by atoms with Gasteiger partial charge in [0.15, 0.2) is 0 Å². The first-order valence-electron chi connectivity index (χ1n) is 6.92. The van der Waals surface area contributed by atoms with E-state index in [0.29, 0.717) is 18.4 Å². The minimum atomic E-state index is -0.544. The first kappa shape index (κ1) is 16.5. The minimum absolute atomic E-state index is 0.0718. The van der Waals surface area contributed by atoms with Gasteiger partial charge in [-0.25, -0.2) is 9.97 Å². The lowest BCUT2D eigenvalue weighted by molar-refractivity contribution is -0.142. The predicted octanol–water partition coefficient (Wildman–Crippen LogP) is 2.87. The Hall–Kier alpha value is -0.880. The van der Waals surface area contributed by atoms with E-state index in [2.05, 4.69) is 25.9 Å². The van der Waals surface area contributed by atoms with Crippen LogP contribution in [0.5, 0.6) is 6.01 Å². The Labute approximate surface area is 138 Å². The summed E-state index contributed by atoms with van der Waals surface area (Å²) in [5, 5.41) is 0. The van der Waals surface area contributed by atoms with Crippen LogP contribution in [0.4, 0.5) is 0 Å². The zero-order valence-corrected chi connectivity index (χ0v) is 14.5. The summed E-state index contributed by atoms with van der Waals surface area (Å²) >= 11 is 9.17. The number of hydrogen-bond acceptors (Lipinski definition) is 4. The van der Waals surface area contributed by atoms with Crippen molar-refractivity contribution in [2.24, 2.45) is 5.41 Å². The SMILES string of the molecule is CC(C)(CCl)C(=O)N1CCCC(Oc2ncc(Br)cn2)C1. The molecule has 1 saturated heterocycles. The molecule has 5 nitrogen and oxygen atoms in total. The summed E-state index contributed by atoms with van der Waals surface area (Å²) in [6.07, 6.45) is 5.01.